The minimum atomic E-state index is -0.422. The highest BCUT2D eigenvalue weighted by Crippen LogP contribution is 2.31. The third-order valence-corrected chi connectivity index (χ3v) is 7.05. The van der Waals surface area contributed by atoms with E-state index in [2.05, 4.69) is 11.6 Å². The fraction of sp³-hybridized carbons (Fsp3) is 0.273. The molecule has 1 aliphatic rings. The lowest BCUT2D eigenvalue weighted by molar-refractivity contribution is -0.116. The van der Waals surface area contributed by atoms with Crippen molar-refractivity contribution >= 4 is 50.7 Å². The lowest BCUT2D eigenvalue weighted by Gasteiger charge is -2.16. The summed E-state index contributed by atoms with van der Waals surface area (Å²) in [6, 6.07) is 7.27. The first-order chi connectivity index (χ1) is 14.4. The predicted octanol–water partition coefficient (Wildman–Crippen LogP) is 3.92. The molecule has 1 unspecified atom stereocenters. The molecule has 0 radical (unpaired) electrons. The van der Waals surface area contributed by atoms with E-state index < -0.39 is 5.25 Å². The van der Waals surface area contributed by atoms with E-state index in [-0.39, 0.29) is 17.2 Å². The molecule has 2 aromatic heterocycles. The van der Waals surface area contributed by atoms with Crippen LogP contribution in [0.5, 0.6) is 0 Å². The molecule has 0 bridgehead atoms. The number of allylic oxidation sites excluding steroid dienone is 1. The highest BCUT2D eigenvalue weighted by atomic mass is 32.2. The minimum Gasteiger partial charge on any atom is -0.312 e. The summed E-state index contributed by atoms with van der Waals surface area (Å²) in [6.07, 6.45) is 2.39. The summed E-state index contributed by atoms with van der Waals surface area (Å²) in [5, 5.41) is 2.52. The predicted molar refractivity (Wildman–Crippen MR) is 122 cm³/mol. The first-order valence-electron chi connectivity index (χ1n) is 9.61. The second-order valence-corrected chi connectivity index (χ2v) is 9.33. The molecule has 1 aliphatic heterocycles. The maximum absolute atomic E-state index is 13.1. The molecule has 0 saturated heterocycles. The number of amides is 1. The zero-order valence-corrected chi connectivity index (χ0v) is 18.4. The van der Waals surface area contributed by atoms with Crippen LogP contribution in [0, 0.1) is 0 Å². The van der Waals surface area contributed by atoms with Crippen LogP contribution < -0.4 is 10.5 Å². The number of thioether (sulfide) groups is 1. The number of hydrogen-bond donors (Lipinski definition) is 0. The van der Waals surface area contributed by atoms with Crippen molar-refractivity contribution in [2.75, 3.05) is 11.4 Å². The topological polar surface area (TPSA) is 72.3 Å². The molecule has 8 heteroatoms. The Hall–Kier alpha value is -2.71. The quantitative estimate of drug-likeness (QED) is 0.252. The number of fused-ring (bicyclic) bond motifs is 2. The zero-order valence-electron chi connectivity index (χ0n) is 16.8. The van der Waals surface area contributed by atoms with Crippen molar-refractivity contribution in [1.29, 1.82) is 0 Å². The summed E-state index contributed by atoms with van der Waals surface area (Å²) in [5.41, 5.74) is 2.37. The molecule has 0 saturated carbocycles. The van der Waals surface area contributed by atoms with Crippen LogP contribution in [0.2, 0.25) is 0 Å². The molecule has 30 heavy (non-hydrogen) atoms. The maximum Gasteiger partial charge on any atom is 0.263 e. The van der Waals surface area contributed by atoms with Gasteiger partial charge in [-0.3, -0.25) is 19.0 Å². The summed E-state index contributed by atoms with van der Waals surface area (Å²) in [5.74, 6) is -0.0262. The van der Waals surface area contributed by atoms with Crippen LogP contribution in [-0.2, 0) is 17.8 Å². The van der Waals surface area contributed by atoms with Gasteiger partial charge in [-0.25, -0.2) is 4.98 Å². The third kappa shape index (κ3) is 3.61. The monoisotopic (exact) mass is 439 g/mol. The number of nitrogens with zero attached hydrogens (tertiary/aromatic N) is 3. The van der Waals surface area contributed by atoms with Crippen molar-refractivity contribution in [2.24, 2.45) is 0 Å². The van der Waals surface area contributed by atoms with Gasteiger partial charge in [0, 0.05) is 31.3 Å². The maximum atomic E-state index is 13.1. The number of aromatic nitrogens is 2. The van der Waals surface area contributed by atoms with E-state index in [1.54, 1.807) is 34.6 Å². The van der Waals surface area contributed by atoms with Crippen LogP contribution in [-0.4, -0.2) is 33.0 Å². The first-order valence-corrected chi connectivity index (χ1v) is 11.4. The van der Waals surface area contributed by atoms with Gasteiger partial charge < -0.3 is 4.90 Å². The highest BCUT2D eigenvalue weighted by molar-refractivity contribution is 8.00. The van der Waals surface area contributed by atoms with Gasteiger partial charge in [-0.05, 0) is 48.6 Å². The molecule has 1 amide bonds. The lowest BCUT2D eigenvalue weighted by atomic mass is 10.0. The van der Waals surface area contributed by atoms with Crippen LogP contribution in [0.1, 0.15) is 29.8 Å². The molecule has 0 fully saturated rings. The van der Waals surface area contributed by atoms with E-state index in [0.29, 0.717) is 34.0 Å². The van der Waals surface area contributed by atoms with Gasteiger partial charge in [0.1, 0.15) is 4.83 Å². The van der Waals surface area contributed by atoms with Gasteiger partial charge in [0.05, 0.1) is 10.6 Å². The normalized spacial score (nSPS) is 14.0. The van der Waals surface area contributed by atoms with Gasteiger partial charge in [-0.15, -0.1) is 17.9 Å². The molecule has 3 aromatic rings. The molecule has 154 valence electrons. The number of carbonyl (C=O) groups excluding carboxylic acids is 2. The Morgan fingerprint density at radius 2 is 2.17 bits per heavy atom. The number of anilines is 1. The molecule has 6 nitrogen and oxygen atoms in total. The van der Waals surface area contributed by atoms with Crippen molar-refractivity contribution in [1.82, 2.24) is 9.55 Å². The van der Waals surface area contributed by atoms with Crippen molar-refractivity contribution in [3.63, 3.8) is 0 Å². The van der Waals surface area contributed by atoms with E-state index in [1.807, 2.05) is 24.4 Å². The van der Waals surface area contributed by atoms with Crippen LogP contribution in [0.4, 0.5) is 5.69 Å². The van der Waals surface area contributed by atoms with Gasteiger partial charge in [-0.2, -0.15) is 0 Å². The van der Waals surface area contributed by atoms with Crippen molar-refractivity contribution in [3.05, 3.63) is 63.8 Å². The molecular weight excluding hydrogens is 418 g/mol. The summed E-state index contributed by atoms with van der Waals surface area (Å²) in [4.78, 5) is 44.6. The standard InChI is InChI=1S/C22H21N3O3S2/c1-4-9-25-21(28)17-8-11-29-20(17)23-22(25)30-13(2)19(27)16-5-6-18-15(12-16)7-10-24(18)14(3)26/h4-6,8,11-13H,1,7,9-10H2,2-3H3. The molecule has 0 N–H and O–H groups in total. The van der Waals surface area contributed by atoms with Crippen LogP contribution in [0.25, 0.3) is 10.2 Å². The Morgan fingerprint density at radius 1 is 1.37 bits per heavy atom. The fourth-order valence-electron chi connectivity index (χ4n) is 3.64. The summed E-state index contributed by atoms with van der Waals surface area (Å²) in [7, 11) is 0. The smallest absolute Gasteiger partial charge is 0.263 e. The molecule has 1 aromatic carbocycles. The van der Waals surface area contributed by atoms with Crippen molar-refractivity contribution < 1.29 is 9.59 Å². The Morgan fingerprint density at radius 3 is 2.90 bits per heavy atom. The minimum absolute atomic E-state index is 0.00647. The molecule has 0 spiro atoms. The number of carbonyl (C=O) groups is 2. The third-order valence-electron chi connectivity index (χ3n) is 5.15. The molecule has 1 atom stereocenters. The first kappa shape index (κ1) is 20.6. The van der Waals surface area contributed by atoms with Gasteiger partial charge in [0.15, 0.2) is 10.9 Å². The lowest BCUT2D eigenvalue weighted by Crippen LogP contribution is -2.25. The SMILES string of the molecule is C=CCn1c(SC(C)C(=O)c2ccc3c(c2)CCN3C(C)=O)nc2sccc2c1=O. The van der Waals surface area contributed by atoms with E-state index in [1.165, 1.54) is 23.1 Å². The second kappa shape index (κ2) is 8.20. The Labute approximate surface area is 182 Å². The van der Waals surface area contributed by atoms with Crippen LogP contribution in [0.15, 0.2) is 52.3 Å². The Kier molecular flexibility index (Phi) is 5.62. The van der Waals surface area contributed by atoms with E-state index in [9.17, 15) is 14.4 Å². The zero-order chi connectivity index (χ0) is 21.4. The number of rotatable bonds is 6. The van der Waals surface area contributed by atoms with Gasteiger partial charge in [-0.1, -0.05) is 17.8 Å². The van der Waals surface area contributed by atoms with Crippen LogP contribution in [0.3, 0.4) is 0 Å². The molecule has 0 aliphatic carbocycles. The summed E-state index contributed by atoms with van der Waals surface area (Å²) in [6.45, 7) is 8.08. The van der Waals surface area contributed by atoms with E-state index in [0.717, 1.165) is 17.7 Å². The van der Waals surface area contributed by atoms with E-state index >= 15 is 0 Å². The van der Waals surface area contributed by atoms with Crippen molar-refractivity contribution in [2.45, 2.75) is 37.2 Å². The Balaban J connectivity index is 1.62. The molecule has 3 heterocycles. The number of ketones is 1. The number of thiophene rings is 1. The number of benzene rings is 1. The highest BCUT2D eigenvalue weighted by Gasteiger charge is 2.25. The molecular formula is C22H21N3O3S2. The summed E-state index contributed by atoms with van der Waals surface area (Å²) < 4.78 is 1.56. The average Bonchev–Trinajstić information content (AvgIpc) is 3.36. The van der Waals surface area contributed by atoms with Crippen LogP contribution >= 0.6 is 23.1 Å². The van der Waals surface area contributed by atoms with Gasteiger partial charge in [0.2, 0.25) is 5.91 Å². The fourth-order valence-corrected chi connectivity index (χ4v) is 5.44. The largest absolute Gasteiger partial charge is 0.312 e. The van der Waals surface area contributed by atoms with Gasteiger partial charge in [0.25, 0.3) is 5.56 Å². The number of hydrogen-bond acceptors (Lipinski definition) is 6. The summed E-state index contributed by atoms with van der Waals surface area (Å²) >= 11 is 2.69. The molecule has 4 rings (SSSR count). The Bertz CT molecular complexity index is 1230. The van der Waals surface area contributed by atoms with E-state index in [4.69, 9.17) is 0 Å². The van der Waals surface area contributed by atoms with Crippen molar-refractivity contribution in [3.8, 4) is 0 Å². The van der Waals surface area contributed by atoms with Gasteiger partial charge >= 0.3 is 0 Å². The average molecular weight is 440 g/mol. The second-order valence-electron chi connectivity index (χ2n) is 7.13. The number of Topliss-reactive ketones (excluding diaryl/α,β-unsaturated/α-hetero) is 1.